The molecule has 42 heavy (non-hydrogen) atoms. The summed E-state index contributed by atoms with van der Waals surface area (Å²) in [6, 6.07) is 55.0. The molecular weight excluding hydrogens is 508 g/mol. The number of hydrogen-bond acceptors (Lipinski definition) is 0. The monoisotopic (exact) mass is 534 g/mol. The summed E-state index contributed by atoms with van der Waals surface area (Å²) < 4.78 is 2.37. The molecule has 0 aliphatic heterocycles. The van der Waals surface area contributed by atoms with Crippen LogP contribution in [0.1, 0.15) is 0 Å². The number of H-pyrrole nitrogens is 1. The third kappa shape index (κ3) is 3.45. The second-order valence-electron chi connectivity index (χ2n) is 11.1. The van der Waals surface area contributed by atoms with Crippen molar-refractivity contribution in [2.45, 2.75) is 0 Å². The zero-order valence-electron chi connectivity index (χ0n) is 22.9. The van der Waals surface area contributed by atoms with Gasteiger partial charge in [0.2, 0.25) is 0 Å². The highest BCUT2D eigenvalue weighted by atomic mass is 15.0. The Morgan fingerprint density at radius 1 is 0.381 bits per heavy atom. The van der Waals surface area contributed by atoms with Gasteiger partial charge in [0.1, 0.15) is 0 Å². The highest BCUT2D eigenvalue weighted by Gasteiger charge is 2.14. The molecule has 2 heterocycles. The van der Waals surface area contributed by atoms with Gasteiger partial charge in [-0.2, -0.15) is 0 Å². The summed E-state index contributed by atoms with van der Waals surface area (Å²) in [6.07, 6.45) is 0. The van der Waals surface area contributed by atoms with E-state index >= 15 is 0 Å². The highest BCUT2D eigenvalue weighted by molar-refractivity contribution is 6.12. The van der Waals surface area contributed by atoms with Crippen LogP contribution in [0.15, 0.2) is 152 Å². The molecule has 0 amide bonds. The van der Waals surface area contributed by atoms with Crippen LogP contribution in [0.3, 0.4) is 0 Å². The van der Waals surface area contributed by atoms with Gasteiger partial charge in [-0.15, -0.1) is 0 Å². The first kappa shape index (κ1) is 23.1. The average Bonchev–Trinajstić information content (AvgIpc) is 3.59. The van der Waals surface area contributed by atoms with Crippen molar-refractivity contribution in [3.63, 3.8) is 0 Å². The summed E-state index contributed by atoms with van der Waals surface area (Å²) in [5.74, 6) is 0. The van der Waals surface area contributed by atoms with Gasteiger partial charge in [-0.05, 0) is 87.6 Å². The third-order valence-corrected chi connectivity index (χ3v) is 8.72. The third-order valence-electron chi connectivity index (χ3n) is 8.72. The predicted octanol–water partition coefficient (Wildman–Crippen LogP) is 10.9. The molecule has 9 rings (SSSR count). The molecule has 0 bridgehead atoms. The Morgan fingerprint density at radius 3 is 1.81 bits per heavy atom. The molecule has 2 heteroatoms. The summed E-state index contributed by atoms with van der Waals surface area (Å²) in [7, 11) is 0. The first-order valence-electron chi connectivity index (χ1n) is 14.4. The van der Waals surface area contributed by atoms with E-state index in [-0.39, 0.29) is 0 Å². The largest absolute Gasteiger partial charge is 0.355 e. The van der Waals surface area contributed by atoms with Gasteiger partial charge in [0.05, 0.1) is 11.0 Å². The van der Waals surface area contributed by atoms with Crippen molar-refractivity contribution in [3.8, 4) is 27.9 Å². The zero-order valence-corrected chi connectivity index (χ0v) is 22.9. The second kappa shape index (κ2) is 8.95. The maximum atomic E-state index is 3.64. The maximum absolute atomic E-state index is 3.64. The number of rotatable bonds is 3. The predicted molar refractivity (Wildman–Crippen MR) is 179 cm³/mol. The molecule has 0 saturated heterocycles. The van der Waals surface area contributed by atoms with E-state index in [0.29, 0.717) is 0 Å². The van der Waals surface area contributed by atoms with Crippen molar-refractivity contribution in [1.82, 2.24) is 9.55 Å². The van der Waals surface area contributed by atoms with Gasteiger partial charge in [-0.1, -0.05) is 97.1 Å². The van der Waals surface area contributed by atoms with Crippen LogP contribution < -0.4 is 0 Å². The van der Waals surface area contributed by atoms with E-state index in [1.165, 1.54) is 71.3 Å². The summed E-state index contributed by atoms with van der Waals surface area (Å²) >= 11 is 0. The smallest absolute Gasteiger partial charge is 0.0541 e. The number of fused-ring (bicyclic) bond motifs is 7. The number of aromatic nitrogens is 2. The van der Waals surface area contributed by atoms with Crippen LogP contribution in [-0.4, -0.2) is 9.55 Å². The van der Waals surface area contributed by atoms with Crippen LogP contribution in [0.4, 0.5) is 0 Å². The molecule has 2 aromatic heterocycles. The minimum Gasteiger partial charge on any atom is -0.355 e. The Balaban J connectivity index is 1.22. The summed E-state index contributed by atoms with van der Waals surface area (Å²) in [5.41, 5.74) is 10.9. The fourth-order valence-electron chi connectivity index (χ4n) is 6.73. The van der Waals surface area contributed by atoms with Gasteiger partial charge >= 0.3 is 0 Å². The molecule has 7 aromatic carbocycles. The number of nitrogens with zero attached hydrogens (tertiary/aromatic N) is 1. The lowest BCUT2D eigenvalue weighted by molar-refractivity contribution is 1.18. The van der Waals surface area contributed by atoms with Crippen molar-refractivity contribution in [2.75, 3.05) is 0 Å². The van der Waals surface area contributed by atoms with E-state index in [4.69, 9.17) is 0 Å². The Hall–Kier alpha value is -5.60. The molecule has 2 nitrogen and oxygen atoms in total. The molecule has 9 aromatic rings. The van der Waals surface area contributed by atoms with Gasteiger partial charge in [-0.25, -0.2) is 0 Å². The normalized spacial score (nSPS) is 11.8. The van der Waals surface area contributed by atoms with Crippen LogP contribution in [0, 0.1) is 0 Å². The minimum atomic E-state index is 1.16. The van der Waals surface area contributed by atoms with Crippen LogP contribution in [0.25, 0.3) is 82.3 Å². The van der Waals surface area contributed by atoms with E-state index in [1.807, 2.05) is 0 Å². The van der Waals surface area contributed by atoms with E-state index in [1.54, 1.807) is 0 Å². The van der Waals surface area contributed by atoms with Crippen molar-refractivity contribution >= 4 is 54.4 Å². The van der Waals surface area contributed by atoms with E-state index in [9.17, 15) is 0 Å². The van der Waals surface area contributed by atoms with Gasteiger partial charge in [0, 0.05) is 38.3 Å². The standard InChI is InChI=1S/C40H26N2/c1-2-11-30(12-3-1)42-39-16-7-6-14-33(39)36-24-28(19-22-40(36)42)27-17-20-37-34(23-27)35-25-29(18-21-38(35)41-37)32-15-8-10-26-9-4-5-13-31(26)32/h1-25,41H. The van der Waals surface area contributed by atoms with Crippen LogP contribution >= 0.6 is 0 Å². The fourth-order valence-corrected chi connectivity index (χ4v) is 6.73. The fraction of sp³-hybridized carbons (Fsp3) is 0. The summed E-state index contributed by atoms with van der Waals surface area (Å²) in [4.78, 5) is 3.64. The van der Waals surface area contributed by atoms with E-state index in [2.05, 4.69) is 161 Å². The molecule has 0 unspecified atom stereocenters. The Labute approximate surface area is 243 Å². The molecule has 0 aliphatic carbocycles. The van der Waals surface area contributed by atoms with E-state index in [0.717, 1.165) is 11.0 Å². The molecule has 0 aliphatic rings. The van der Waals surface area contributed by atoms with Crippen molar-refractivity contribution < 1.29 is 0 Å². The SMILES string of the molecule is c1ccc(-n2c3ccccc3c3cc(-c4ccc5[nH]c6ccc(-c7cccc8ccccc78)cc6c5c4)ccc32)cc1. The molecule has 1 N–H and O–H groups in total. The number of benzene rings is 7. The lowest BCUT2D eigenvalue weighted by atomic mass is 9.96. The molecule has 0 spiro atoms. The highest BCUT2D eigenvalue weighted by Crippen LogP contribution is 2.38. The molecular formula is C40H26N2. The Bertz CT molecular complexity index is 2450. The Morgan fingerprint density at radius 2 is 0.976 bits per heavy atom. The lowest BCUT2D eigenvalue weighted by Crippen LogP contribution is -1.92. The molecule has 0 fully saturated rings. The molecule has 0 atom stereocenters. The quantitative estimate of drug-likeness (QED) is 0.233. The number of nitrogens with one attached hydrogen (secondary N) is 1. The molecule has 0 saturated carbocycles. The van der Waals surface area contributed by atoms with Gasteiger partial charge < -0.3 is 9.55 Å². The average molecular weight is 535 g/mol. The summed E-state index contributed by atoms with van der Waals surface area (Å²) in [5, 5.41) is 7.58. The van der Waals surface area contributed by atoms with Crippen LogP contribution in [-0.2, 0) is 0 Å². The first-order chi connectivity index (χ1) is 20.8. The van der Waals surface area contributed by atoms with E-state index < -0.39 is 0 Å². The maximum Gasteiger partial charge on any atom is 0.0541 e. The van der Waals surface area contributed by atoms with Crippen LogP contribution in [0.5, 0.6) is 0 Å². The Kier molecular flexibility index (Phi) is 4.93. The molecule has 196 valence electrons. The minimum absolute atomic E-state index is 1.16. The number of para-hydroxylation sites is 2. The molecule has 0 radical (unpaired) electrons. The topological polar surface area (TPSA) is 20.7 Å². The van der Waals surface area contributed by atoms with Crippen LogP contribution in [0.2, 0.25) is 0 Å². The number of hydrogen-bond donors (Lipinski definition) is 1. The van der Waals surface area contributed by atoms with Crippen molar-refractivity contribution in [3.05, 3.63) is 152 Å². The van der Waals surface area contributed by atoms with Crippen molar-refractivity contribution in [2.24, 2.45) is 0 Å². The first-order valence-corrected chi connectivity index (χ1v) is 14.4. The number of aromatic amines is 1. The van der Waals surface area contributed by atoms with Gasteiger partial charge in [0.25, 0.3) is 0 Å². The van der Waals surface area contributed by atoms with Crippen molar-refractivity contribution in [1.29, 1.82) is 0 Å². The lowest BCUT2D eigenvalue weighted by Gasteiger charge is -2.08. The second-order valence-corrected chi connectivity index (χ2v) is 11.1. The zero-order chi connectivity index (χ0) is 27.6. The van der Waals surface area contributed by atoms with Gasteiger partial charge in [-0.3, -0.25) is 0 Å². The summed E-state index contributed by atoms with van der Waals surface area (Å²) in [6.45, 7) is 0. The van der Waals surface area contributed by atoms with Gasteiger partial charge in [0.15, 0.2) is 0 Å².